The van der Waals surface area contributed by atoms with Gasteiger partial charge in [-0.05, 0) is 56.7 Å². The quantitative estimate of drug-likeness (QED) is 0.719. The first-order chi connectivity index (χ1) is 12.3. The van der Waals surface area contributed by atoms with Crippen LogP contribution in [0.25, 0.3) is 11.0 Å². The van der Waals surface area contributed by atoms with Gasteiger partial charge in [0.15, 0.2) is 0 Å². The largest absolute Gasteiger partial charge is 0.329 e. The average Bonchev–Trinajstić information content (AvgIpc) is 2.86. The Hall–Kier alpha value is -2.25. The Morgan fingerprint density at radius 2 is 1.65 bits per heavy atom. The van der Waals surface area contributed by atoms with Gasteiger partial charge >= 0.3 is 5.69 Å². The zero-order valence-corrected chi connectivity index (χ0v) is 16.4. The third-order valence-electron chi connectivity index (χ3n) is 4.36. The van der Waals surface area contributed by atoms with Gasteiger partial charge in [0.2, 0.25) is 0 Å². The van der Waals surface area contributed by atoms with E-state index in [0.717, 1.165) is 11.1 Å². The zero-order chi connectivity index (χ0) is 19.1. The van der Waals surface area contributed by atoms with E-state index >= 15 is 0 Å². The van der Waals surface area contributed by atoms with Gasteiger partial charge in [0.05, 0.1) is 21.6 Å². The third-order valence-corrected chi connectivity index (χ3v) is 6.14. The molecule has 0 radical (unpaired) electrons. The van der Waals surface area contributed by atoms with E-state index in [4.69, 9.17) is 11.6 Å². The van der Waals surface area contributed by atoms with Gasteiger partial charge in [0.25, 0.3) is 10.0 Å². The Bertz CT molecular complexity index is 1150. The number of fused-ring (bicyclic) bond motifs is 1. The van der Waals surface area contributed by atoms with Gasteiger partial charge < -0.3 is 0 Å². The number of nitrogens with one attached hydrogen (secondary N) is 1. The first-order valence-electron chi connectivity index (χ1n) is 8.30. The molecule has 0 aliphatic rings. The maximum atomic E-state index is 12.6. The minimum absolute atomic E-state index is 0.0900. The number of halogens is 1. The maximum absolute atomic E-state index is 12.6. The second-order valence-corrected chi connectivity index (χ2v) is 8.08. The van der Waals surface area contributed by atoms with Gasteiger partial charge in [0.1, 0.15) is 0 Å². The molecule has 0 unspecified atom stereocenters. The first kappa shape index (κ1) is 18.5. The minimum Gasteiger partial charge on any atom is -0.292 e. The first-order valence-corrected chi connectivity index (χ1v) is 10.2. The molecule has 3 aromatic rings. The van der Waals surface area contributed by atoms with E-state index in [1.807, 2.05) is 20.8 Å². The van der Waals surface area contributed by atoms with Crippen LogP contribution in [0.1, 0.15) is 19.4 Å². The molecule has 1 aromatic heterocycles. The highest BCUT2D eigenvalue weighted by Crippen LogP contribution is 2.24. The van der Waals surface area contributed by atoms with Crippen molar-refractivity contribution in [3.05, 3.63) is 57.5 Å². The Balaban J connectivity index is 2.06. The number of rotatable bonds is 5. The number of sulfonamides is 1. The van der Waals surface area contributed by atoms with Crippen molar-refractivity contribution < 1.29 is 8.42 Å². The smallest absolute Gasteiger partial charge is 0.292 e. The van der Waals surface area contributed by atoms with Crippen LogP contribution in [0.4, 0.5) is 5.69 Å². The topological polar surface area (TPSA) is 73.1 Å². The molecular weight excluding hydrogens is 374 g/mol. The molecule has 0 saturated heterocycles. The Morgan fingerprint density at radius 3 is 2.27 bits per heavy atom. The van der Waals surface area contributed by atoms with Crippen molar-refractivity contribution in [2.45, 2.75) is 38.8 Å². The van der Waals surface area contributed by atoms with Crippen molar-refractivity contribution in [2.24, 2.45) is 0 Å². The average molecular weight is 394 g/mol. The minimum atomic E-state index is -3.78. The molecule has 2 aromatic carbocycles. The summed E-state index contributed by atoms with van der Waals surface area (Å²) in [5.41, 5.74) is 2.57. The van der Waals surface area contributed by atoms with Crippen LogP contribution < -0.4 is 10.4 Å². The SMILES string of the molecule is CCn1c(=O)n(CC)c2cc(NS(=O)(=O)c3ccc(C)c(Cl)c3)ccc21. The molecule has 6 nitrogen and oxygen atoms in total. The lowest BCUT2D eigenvalue weighted by atomic mass is 10.2. The molecule has 1 heterocycles. The standard InChI is InChI=1S/C18H20ClN3O3S/c1-4-21-16-9-7-13(10-17(16)22(5-2)18(21)23)20-26(24,25)14-8-6-12(3)15(19)11-14/h6-11,20H,4-5H2,1-3H3. The summed E-state index contributed by atoms with van der Waals surface area (Å²) in [5, 5.41) is 0.392. The molecule has 138 valence electrons. The van der Waals surface area contributed by atoms with Gasteiger partial charge in [-0.2, -0.15) is 0 Å². The van der Waals surface area contributed by atoms with E-state index in [1.165, 1.54) is 12.1 Å². The fourth-order valence-corrected chi connectivity index (χ4v) is 4.27. The highest BCUT2D eigenvalue weighted by molar-refractivity contribution is 7.92. The second-order valence-electron chi connectivity index (χ2n) is 5.99. The predicted octanol–water partition coefficient (Wildman–Crippen LogP) is 3.61. The Kier molecular flexibility index (Phi) is 4.86. The number of aromatic nitrogens is 2. The lowest BCUT2D eigenvalue weighted by molar-refractivity contribution is 0.601. The number of imidazole rings is 1. The van der Waals surface area contributed by atoms with Gasteiger partial charge in [-0.15, -0.1) is 0 Å². The summed E-state index contributed by atoms with van der Waals surface area (Å²) in [5.74, 6) is 0. The molecule has 0 saturated carbocycles. The van der Waals surface area contributed by atoms with E-state index in [2.05, 4.69) is 4.72 Å². The van der Waals surface area contributed by atoms with E-state index < -0.39 is 10.0 Å². The molecule has 0 aliphatic carbocycles. The molecule has 1 N–H and O–H groups in total. The van der Waals surface area contributed by atoms with Gasteiger partial charge in [-0.1, -0.05) is 17.7 Å². The molecule has 0 atom stereocenters. The van der Waals surface area contributed by atoms with Crippen LogP contribution in [0.3, 0.4) is 0 Å². The summed E-state index contributed by atoms with van der Waals surface area (Å²) in [6, 6.07) is 9.69. The number of benzene rings is 2. The van der Waals surface area contributed by atoms with Gasteiger partial charge in [-0.3, -0.25) is 13.9 Å². The zero-order valence-electron chi connectivity index (χ0n) is 14.8. The summed E-state index contributed by atoms with van der Waals surface area (Å²) >= 11 is 6.04. The van der Waals surface area contributed by atoms with Crippen molar-refractivity contribution in [1.82, 2.24) is 9.13 Å². The molecule has 0 bridgehead atoms. The lowest BCUT2D eigenvalue weighted by Crippen LogP contribution is -2.23. The van der Waals surface area contributed by atoms with E-state index in [9.17, 15) is 13.2 Å². The normalized spacial score (nSPS) is 11.8. The summed E-state index contributed by atoms with van der Waals surface area (Å²) < 4.78 is 31.1. The van der Waals surface area contributed by atoms with Crippen LogP contribution in [-0.4, -0.2) is 17.6 Å². The van der Waals surface area contributed by atoms with Crippen molar-refractivity contribution in [2.75, 3.05) is 4.72 Å². The molecule has 0 spiro atoms. The van der Waals surface area contributed by atoms with Gasteiger partial charge in [-0.25, -0.2) is 13.2 Å². The van der Waals surface area contributed by atoms with Gasteiger partial charge in [0, 0.05) is 18.1 Å². The van der Waals surface area contributed by atoms with Crippen LogP contribution in [0.5, 0.6) is 0 Å². The van der Waals surface area contributed by atoms with E-state index in [0.29, 0.717) is 29.3 Å². The van der Waals surface area contributed by atoms with E-state index in [-0.39, 0.29) is 10.6 Å². The van der Waals surface area contributed by atoms with E-state index in [1.54, 1.807) is 33.4 Å². The number of nitrogens with zero attached hydrogens (tertiary/aromatic N) is 2. The molecule has 0 amide bonds. The van der Waals surface area contributed by atoms with Crippen molar-refractivity contribution >= 4 is 38.3 Å². The van der Waals surface area contributed by atoms with Crippen LogP contribution >= 0.6 is 11.6 Å². The highest BCUT2D eigenvalue weighted by atomic mass is 35.5. The summed E-state index contributed by atoms with van der Waals surface area (Å²) in [6.45, 7) is 6.65. The number of hydrogen-bond donors (Lipinski definition) is 1. The monoisotopic (exact) mass is 393 g/mol. The lowest BCUT2D eigenvalue weighted by Gasteiger charge is -2.10. The number of hydrogen-bond acceptors (Lipinski definition) is 3. The second kappa shape index (κ2) is 6.81. The third kappa shape index (κ3) is 3.12. The summed E-state index contributed by atoms with van der Waals surface area (Å²) in [7, 11) is -3.78. The predicted molar refractivity (Wildman–Crippen MR) is 105 cm³/mol. The molecular formula is C18H20ClN3O3S. The summed E-state index contributed by atoms with van der Waals surface area (Å²) in [4.78, 5) is 12.5. The number of aryl methyl sites for hydroxylation is 3. The van der Waals surface area contributed by atoms with Crippen LogP contribution in [-0.2, 0) is 23.1 Å². The maximum Gasteiger partial charge on any atom is 0.329 e. The fraction of sp³-hybridized carbons (Fsp3) is 0.278. The van der Waals surface area contributed by atoms with Crippen molar-refractivity contribution in [3.8, 4) is 0 Å². The molecule has 3 rings (SSSR count). The van der Waals surface area contributed by atoms with Crippen molar-refractivity contribution in [3.63, 3.8) is 0 Å². The summed E-state index contributed by atoms with van der Waals surface area (Å²) in [6.07, 6.45) is 0. The number of anilines is 1. The van der Waals surface area contributed by atoms with Crippen LogP contribution in [0.2, 0.25) is 5.02 Å². The highest BCUT2D eigenvalue weighted by Gasteiger charge is 2.17. The molecule has 26 heavy (non-hydrogen) atoms. The fourth-order valence-electron chi connectivity index (χ4n) is 2.95. The Morgan fingerprint density at radius 1 is 1.00 bits per heavy atom. The van der Waals surface area contributed by atoms with Crippen LogP contribution in [0.15, 0.2) is 46.1 Å². The Labute approximate surface area is 157 Å². The van der Waals surface area contributed by atoms with Crippen LogP contribution in [0, 0.1) is 6.92 Å². The van der Waals surface area contributed by atoms with Crippen molar-refractivity contribution in [1.29, 1.82) is 0 Å². The molecule has 8 heteroatoms. The molecule has 0 aliphatic heterocycles. The molecule has 0 fully saturated rings.